The standard InChI is InChI=1S/C12H8BrF2N5O/c1-16-12-19-10-9(17-4-18-10)11(20-12)21-7-3-5(13)2-6(14)8(7)15/h2-4H,1H3,(H2,16,17,18,19,20). The summed E-state index contributed by atoms with van der Waals surface area (Å²) in [6.07, 6.45) is 1.41. The molecule has 3 aromatic rings. The predicted molar refractivity (Wildman–Crippen MR) is 75.4 cm³/mol. The first-order chi connectivity index (χ1) is 10.1. The van der Waals surface area contributed by atoms with Crippen LogP contribution in [0, 0.1) is 11.6 Å². The summed E-state index contributed by atoms with van der Waals surface area (Å²) in [5.41, 5.74) is 0.731. The molecule has 0 saturated carbocycles. The predicted octanol–water partition coefficient (Wildman–Crippen LogP) is 3.23. The number of aromatic amines is 1. The Kier molecular flexibility index (Phi) is 3.42. The van der Waals surface area contributed by atoms with Crippen LogP contribution in [0.25, 0.3) is 11.2 Å². The molecule has 9 heteroatoms. The SMILES string of the molecule is CNc1nc(Oc2cc(Br)cc(F)c2F)c2[nH]cnc2n1. The zero-order valence-corrected chi connectivity index (χ0v) is 12.2. The number of fused-ring (bicyclic) bond motifs is 1. The average molecular weight is 356 g/mol. The van der Waals surface area contributed by atoms with Crippen molar-refractivity contribution in [2.24, 2.45) is 0 Å². The van der Waals surface area contributed by atoms with Crippen LogP contribution in [0.5, 0.6) is 11.6 Å². The van der Waals surface area contributed by atoms with E-state index in [0.717, 1.165) is 6.07 Å². The lowest BCUT2D eigenvalue weighted by Gasteiger charge is -2.08. The molecule has 0 aliphatic carbocycles. The third-order valence-electron chi connectivity index (χ3n) is 2.64. The first-order valence-corrected chi connectivity index (χ1v) is 6.59. The van der Waals surface area contributed by atoms with Crippen molar-refractivity contribution in [3.63, 3.8) is 0 Å². The summed E-state index contributed by atoms with van der Waals surface area (Å²) in [4.78, 5) is 14.9. The van der Waals surface area contributed by atoms with Crippen LogP contribution in [0.2, 0.25) is 0 Å². The number of anilines is 1. The molecular weight excluding hydrogens is 348 g/mol. The third-order valence-corrected chi connectivity index (χ3v) is 3.10. The number of hydrogen-bond acceptors (Lipinski definition) is 5. The van der Waals surface area contributed by atoms with Gasteiger partial charge < -0.3 is 15.0 Å². The second kappa shape index (κ2) is 5.24. The van der Waals surface area contributed by atoms with Crippen LogP contribution in [-0.2, 0) is 0 Å². The molecule has 0 aliphatic rings. The van der Waals surface area contributed by atoms with E-state index >= 15 is 0 Å². The fourth-order valence-electron chi connectivity index (χ4n) is 1.70. The molecule has 2 heterocycles. The minimum Gasteiger partial charge on any atom is -0.434 e. The Hall–Kier alpha value is -2.29. The molecule has 0 fully saturated rings. The average Bonchev–Trinajstić information content (AvgIpc) is 2.92. The number of H-pyrrole nitrogens is 1. The maximum absolute atomic E-state index is 13.8. The van der Waals surface area contributed by atoms with Gasteiger partial charge in [-0.15, -0.1) is 0 Å². The van der Waals surface area contributed by atoms with Gasteiger partial charge in [-0.1, -0.05) is 15.9 Å². The third kappa shape index (κ3) is 2.51. The van der Waals surface area contributed by atoms with E-state index in [1.54, 1.807) is 7.05 Å². The zero-order valence-electron chi connectivity index (χ0n) is 10.6. The van der Waals surface area contributed by atoms with Gasteiger partial charge in [0.1, 0.15) is 5.52 Å². The first kappa shape index (κ1) is 13.7. The van der Waals surface area contributed by atoms with Gasteiger partial charge in [-0.2, -0.15) is 14.4 Å². The summed E-state index contributed by atoms with van der Waals surface area (Å²) in [7, 11) is 1.62. The number of imidazole rings is 1. The van der Waals surface area contributed by atoms with Gasteiger partial charge in [0.2, 0.25) is 11.8 Å². The van der Waals surface area contributed by atoms with E-state index in [1.165, 1.54) is 12.4 Å². The maximum atomic E-state index is 13.8. The fourth-order valence-corrected chi connectivity index (χ4v) is 2.11. The lowest BCUT2D eigenvalue weighted by Crippen LogP contribution is -2.00. The summed E-state index contributed by atoms with van der Waals surface area (Å²) in [6.45, 7) is 0. The van der Waals surface area contributed by atoms with Crippen LogP contribution >= 0.6 is 15.9 Å². The number of nitrogens with one attached hydrogen (secondary N) is 2. The van der Waals surface area contributed by atoms with Crippen LogP contribution in [-0.4, -0.2) is 27.0 Å². The van der Waals surface area contributed by atoms with Gasteiger partial charge in [-0.25, -0.2) is 9.37 Å². The molecule has 0 atom stereocenters. The van der Waals surface area contributed by atoms with Crippen molar-refractivity contribution in [3.05, 3.63) is 34.6 Å². The molecule has 0 spiro atoms. The van der Waals surface area contributed by atoms with Crippen molar-refractivity contribution in [2.75, 3.05) is 12.4 Å². The number of rotatable bonds is 3. The summed E-state index contributed by atoms with van der Waals surface area (Å²) in [5.74, 6) is -2.13. The van der Waals surface area contributed by atoms with Crippen molar-refractivity contribution >= 4 is 33.0 Å². The van der Waals surface area contributed by atoms with Crippen molar-refractivity contribution in [2.45, 2.75) is 0 Å². The molecule has 0 aliphatic heterocycles. The van der Waals surface area contributed by atoms with Crippen LogP contribution in [0.3, 0.4) is 0 Å². The van der Waals surface area contributed by atoms with Crippen molar-refractivity contribution < 1.29 is 13.5 Å². The number of halogens is 3. The van der Waals surface area contributed by atoms with Gasteiger partial charge in [0.15, 0.2) is 17.2 Å². The Bertz CT molecular complexity index is 823. The molecular formula is C12H8BrF2N5O. The molecule has 0 amide bonds. The Labute approximate surface area is 125 Å². The van der Waals surface area contributed by atoms with Gasteiger partial charge >= 0.3 is 0 Å². The first-order valence-electron chi connectivity index (χ1n) is 5.79. The summed E-state index contributed by atoms with van der Waals surface area (Å²) in [6, 6.07) is 2.31. The van der Waals surface area contributed by atoms with Crippen molar-refractivity contribution in [1.82, 2.24) is 19.9 Å². The molecule has 108 valence electrons. The van der Waals surface area contributed by atoms with Crippen molar-refractivity contribution in [3.8, 4) is 11.6 Å². The monoisotopic (exact) mass is 355 g/mol. The van der Waals surface area contributed by atoms with Gasteiger partial charge in [0.05, 0.1) is 6.33 Å². The summed E-state index contributed by atoms with van der Waals surface area (Å²) < 4.78 is 32.9. The second-order valence-electron chi connectivity index (χ2n) is 4.01. The van der Waals surface area contributed by atoms with Gasteiger partial charge in [0, 0.05) is 11.5 Å². The highest BCUT2D eigenvalue weighted by Crippen LogP contribution is 2.31. The highest BCUT2D eigenvalue weighted by Gasteiger charge is 2.16. The summed E-state index contributed by atoms with van der Waals surface area (Å²) in [5, 5.41) is 2.74. The number of aromatic nitrogens is 4. The normalized spacial score (nSPS) is 10.9. The number of benzene rings is 1. The van der Waals surface area contributed by atoms with E-state index in [1.807, 2.05) is 0 Å². The number of nitrogens with zero attached hydrogens (tertiary/aromatic N) is 3. The summed E-state index contributed by atoms with van der Waals surface area (Å²) >= 11 is 3.08. The molecule has 0 radical (unpaired) electrons. The van der Waals surface area contributed by atoms with Crippen LogP contribution in [0.1, 0.15) is 0 Å². The van der Waals surface area contributed by atoms with Gasteiger partial charge in [0.25, 0.3) is 5.88 Å². The van der Waals surface area contributed by atoms with E-state index in [2.05, 4.69) is 41.2 Å². The highest BCUT2D eigenvalue weighted by atomic mass is 79.9. The van der Waals surface area contributed by atoms with Crippen LogP contribution in [0.15, 0.2) is 22.9 Å². The van der Waals surface area contributed by atoms with E-state index in [9.17, 15) is 8.78 Å². The van der Waals surface area contributed by atoms with Crippen LogP contribution in [0.4, 0.5) is 14.7 Å². The number of ether oxygens (including phenoxy) is 1. The fraction of sp³-hybridized carbons (Fsp3) is 0.0833. The molecule has 6 nitrogen and oxygen atoms in total. The van der Waals surface area contributed by atoms with Crippen LogP contribution < -0.4 is 10.1 Å². The molecule has 2 N–H and O–H groups in total. The zero-order chi connectivity index (χ0) is 15.0. The largest absolute Gasteiger partial charge is 0.434 e. The van der Waals surface area contributed by atoms with E-state index in [-0.39, 0.29) is 17.6 Å². The van der Waals surface area contributed by atoms with E-state index in [4.69, 9.17) is 4.74 Å². The molecule has 3 rings (SSSR count). The molecule has 0 bridgehead atoms. The number of hydrogen-bond donors (Lipinski definition) is 2. The second-order valence-corrected chi connectivity index (χ2v) is 4.92. The van der Waals surface area contributed by atoms with Gasteiger partial charge in [-0.3, -0.25) is 0 Å². The van der Waals surface area contributed by atoms with E-state index < -0.39 is 11.6 Å². The maximum Gasteiger partial charge on any atom is 0.250 e. The smallest absolute Gasteiger partial charge is 0.250 e. The minimum absolute atomic E-state index is 0.0400. The lowest BCUT2D eigenvalue weighted by atomic mass is 10.3. The Morgan fingerprint density at radius 2 is 2.10 bits per heavy atom. The lowest BCUT2D eigenvalue weighted by molar-refractivity contribution is 0.408. The highest BCUT2D eigenvalue weighted by molar-refractivity contribution is 9.10. The molecule has 2 aromatic heterocycles. The quantitative estimate of drug-likeness (QED) is 0.705. The molecule has 0 saturated heterocycles. The Morgan fingerprint density at radius 1 is 1.29 bits per heavy atom. The Morgan fingerprint density at radius 3 is 2.86 bits per heavy atom. The molecule has 21 heavy (non-hydrogen) atoms. The van der Waals surface area contributed by atoms with E-state index in [0.29, 0.717) is 15.6 Å². The van der Waals surface area contributed by atoms with Crippen molar-refractivity contribution in [1.29, 1.82) is 0 Å². The van der Waals surface area contributed by atoms with Gasteiger partial charge in [-0.05, 0) is 12.1 Å². The topological polar surface area (TPSA) is 75.7 Å². The minimum atomic E-state index is -1.10. The Balaban J connectivity index is 2.11. The molecule has 0 unspecified atom stereocenters. The molecule has 1 aromatic carbocycles.